The molecule has 2 heterocycles. The number of esters is 1. The van der Waals surface area contributed by atoms with Gasteiger partial charge in [0.25, 0.3) is 5.89 Å². The van der Waals surface area contributed by atoms with Gasteiger partial charge in [0.2, 0.25) is 5.89 Å². The van der Waals surface area contributed by atoms with Crippen LogP contribution in [0.4, 0.5) is 0 Å². The lowest BCUT2D eigenvalue weighted by Gasteiger charge is -2.07. The van der Waals surface area contributed by atoms with E-state index in [2.05, 4.69) is 46.5 Å². The van der Waals surface area contributed by atoms with Gasteiger partial charge in [-0.05, 0) is 63.6 Å². The third-order valence-electron chi connectivity index (χ3n) is 5.69. The highest BCUT2D eigenvalue weighted by atomic mass is 16.6. The Morgan fingerprint density at radius 1 is 1.06 bits per heavy atom. The number of rotatable bonds is 8. The van der Waals surface area contributed by atoms with Crippen molar-refractivity contribution >= 4 is 12.0 Å². The summed E-state index contributed by atoms with van der Waals surface area (Å²) >= 11 is 0. The second kappa shape index (κ2) is 10.4. The highest BCUT2D eigenvalue weighted by Gasteiger charge is 2.18. The highest BCUT2D eigenvalue weighted by molar-refractivity contribution is 5.87. The summed E-state index contributed by atoms with van der Waals surface area (Å²) in [6.07, 6.45) is 2.43. The molecule has 0 saturated carbocycles. The van der Waals surface area contributed by atoms with E-state index in [0.717, 1.165) is 28.3 Å². The minimum Gasteiger partial charge on any atom is -0.497 e. The van der Waals surface area contributed by atoms with Gasteiger partial charge < -0.3 is 13.9 Å². The molecule has 0 spiro atoms. The van der Waals surface area contributed by atoms with E-state index in [0.29, 0.717) is 12.4 Å². The van der Waals surface area contributed by atoms with E-state index in [1.807, 2.05) is 30.7 Å². The van der Waals surface area contributed by atoms with E-state index in [-0.39, 0.29) is 5.89 Å². The Morgan fingerprint density at radius 3 is 2.46 bits per heavy atom. The molecule has 0 amide bonds. The monoisotopic (exact) mass is 472 g/mol. The normalized spacial score (nSPS) is 12.1. The highest BCUT2D eigenvalue weighted by Crippen LogP contribution is 2.24. The number of aryl methyl sites for hydroxylation is 2. The maximum atomic E-state index is 12.5. The fourth-order valence-electron chi connectivity index (χ4n) is 3.64. The van der Waals surface area contributed by atoms with Gasteiger partial charge in [0.05, 0.1) is 19.3 Å². The average Bonchev–Trinajstić information content (AvgIpc) is 3.44. The number of hydrogen-bond acceptors (Lipinski definition) is 7. The molecule has 0 radical (unpaired) electrons. The van der Waals surface area contributed by atoms with Crippen molar-refractivity contribution in [3.63, 3.8) is 0 Å². The molecule has 4 aromatic rings. The first-order valence-electron chi connectivity index (χ1n) is 11.3. The van der Waals surface area contributed by atoms with Crippen molar-refractivity contribution in [2.45, 2.75) is 40.3 Å². The zero-order chi connectivity index (χ0) is 24.9. The van der Waals surface area contributed by atoms with E-state index in [9.17, 15) is 4.79 Å². The first kappa shape index (κ1) is 23.9. The third-order valence-corrected chi connectivity index (χ3v) is 5.69. The van der Waals surface area contributed by atoms with Crippen molar-refractivity contribution in [3.05, 3.63) is 88.6 Å². The van der Waals surface area contributed by atoms with Crippen molar-refractivity contribution < 1.29 is 18.7 Å². The molecular weight excluding hydrogens is 444 g/mol. The van der Waals surface area contributed by atoms with Crippen LogP contribution >= 0.6 is 0 Å². The zero-order valence-electron chi connectivity index (χ0n) is 20.5. The van der Waals surface area contributed by atoms with Crippen molar-refractivity contribution in [2.24, 2.45) is 0 Å². The smallest absolute Gasteiger partial charge is 0.331 e. The molecule has 0 saturated heterocycles. The molecule has 0 fully saturated rings. The molecular formula is C27H28N4O4. The van der Waals surface area contributed by atoms with Gasteiger partial charge in [-0.25, -0.2) is 4.79 Å². The van der Waals surface area contributed by atoms with Gasteiger partial charge in [-0.2, -0.15) is 5.10 Å². The predicted octanol–water partition coefficient (Wildman–Crippen LogP) is 5.23. The molecule has 0 bridgehead atoms. The maximum Gasteiger partial charge on any atom is 0.331 e. The van der Waals surface area contributed by atoms with Crippen LogP contribution in [0.15, 0.2) is 59.0 Å². The summed E-state index contributed by atoms with van der Waals surface area (Å²) in [4.78, 5) is 12.5. The Morgan fingerprint density at radius 2 is 1.77 bits per heavy atom. The van der Waals surface area contributed by atoms with Crippen LogP contribution in [0.1, 0.15) is 47.0 Å². The fraction of sp³-hybridized carbons (Fsp3) is 0.259. The molecule has 180 valence electrons. The topological polar surface area (TPSA) is 92.3 Å². The number of aromatic nitrogens is 4. The summed E-state index contributed by atoms with van der Waals surface area (Å²) in [5.74, 6) is 0.782. The number of carbonyl (C=O) groups excluding carboxylic acids is 1. The van der Waals surface area contributed by atoms with Crippen LogP contribution in [-0.2, 0) is 16.1 Å². The molecule has 1 atom stereocenters. The number of ether oxygens (including phenoxy) is 2. The quantitative estimate of drug-likeness (QED) is 0.256. The van der Waals surface area contributed by atoms with Gasteiger partial charge in [-0.15, -0.1) is 10.2 Å². The van der Waals surface area contributed by atoms with E-state index in [4.69, 9.17) is 13.9 Å². The summed E-state index contributed by atoms with van der Waals surface area (Å²) in [6.45, 7) is 8.32. The van der Waals surface area contributed by atoms with Gasteiger partial charge in [-0.1, -0.05) is 29.8 Å². The first-order chi connectivity index (χ1) is 16.8. The summed E-state index contributed by atoms with van der Waals surface area (Å²) in [5.41, 5.74) is 5.83. The number of nitrogens with zero attached hydrogens (tertiary/aromatic N) is 4. The minimum absolute atomic E-state index is 0.218. The van der Waals surface area contributed by atoms with Crippen LogP contribution in [0.3, 0.4) is 0 Å². The molecule has 0 aliphatic rings. The van der Waals surface area contributed by atoms with E-state index in [1.165, 1.54) is 17.2 Å². The SMILES string of the molecule is COc1ccc(-c2nnc(C(C)OC(=O)C=Cc3c(C)nn(Cc4ccc(C)cc4)c3C)o2)cc1. The Balaban J connectivity index is 1.39. The second-order valence-electron chi connectivity index (χ2n) is 8.31. The van der Waals surface area contributed by atoms with Crippen LogP contribution in [0.2, 0.25) is 0 Å². The molecule has 2 aromatic carbocycles. The van der Waals surface area contributed by atoms with Gasteiger partial charge in [0, 0.05) is 22.9 Å². The van der Waals surface area contributed by atoms with Crippen LogP contribution in [-0.4, -0.2) is 33.1 Å². The van der Waals surface area contributed by atoms with E-state index >= 15 is 0 Å². The molecule has 2 aromatic heterocycles. The van der Waals surface area contributed by atoms with Gasteiger partial charge >= 0.3 is 5.97 Å². The van der Waals surface area contributed by atoms with Crippen LogP contribution in [0.25, 0.3) is 17.5 Å². The lowest BCUT2D eigenvalue weighted by molar-refractivity contribution is -0.143. The third kappa shape index (κ3) is 5.66. The van der Waals surface area contributed by atoms with Crippen molar-refractivity contribution in [2.75, 3.05) is 7.11 Å². The van der Waals surface area contributed by atoms with E-state index in [1.54, 1.807) is 32.2 Å². The Bertz CT molecular complexity index is 1330. The van der Waals surface area contributed by atoms with Crippen LogP contribution in [0, 0.1) is 20.8 Å². The molecule has 8 heteroatoms. The summed E-state index contributed by atoms with van der Waals surface area (Å²) in [7, 11) is 1.60. The van der Waals surface area contributed by atoms with E-state index < -0.39 is 12.1 Å². The molecule has 0 N–H and O–H groups in total. The molecule has 0 aliphatic carbocycles. The predicted molar refractivity (Wildman–Crippen MR) is 132 cm³/mol. The summed E-state index contributed by atoms with van der Waals surface area (Å²) < 4.78 is 18.3. The molecule has 4 rings (SSSR count). The minimum atomic E-state index is -0.696. The van der Waals surface area contributed by atoms with Gasteiger partial charge in [0.1, 0.15) is 5.75 Å². The average molecular weight is 473 g/mol. The standard InChI is InChI=1S/C27H28N4O4/c1-17-6-8-21(9-7-17)16-31-19(3)24(18(2)30-31)14-15-25(32)34-20(4)26-28-29-27(35-26)22-10-12-23(33-5)13-11-22/h6-15,20H,16H2,1-5H3. The molecule has 35 heavy (non-hydrogen) atoms. The van der Waals surface area contributed by atoms with Gasteiger partial charge in [-0.3, -0.25) is 4.68 Å². The number of carbonyl (C=O) groups is 1. The molecule has 0 aliphatic heterocycles. The largest absolute Gasteiger partial charge is 0.497 e. The summed E-state index contributed by atoms with van der Waals surface area (Å²) in [6, 6.07) is 15.6. The zero-order valence-corrected chi connectivity index (χ0v) is 20.5. The number of methoxy groups -OCH3 is 1. The van der Waals surface area contributed by atoms with Crippen LogP contribution in [0.5, 0.6) is 5.75 Å². The van der Waals surface area contributed by atoms with Crippen molar-refractivity contribution in [3.8, 4) is 17.2 Å². The molecule has 1 unspecified atom stereocenters. The van der Waals surface area contributed by atoms with Crippen molar-refractivity contribution in [1.82, 2.24) is 20.0 Å². The Hall–Kier alpha value is -4.20. The van der Waals surface area contributed by atoms with Gasteiger partial charge in [0.15, 0.2) is 6.10 Å². The second-order valence-corrected chi connectivity index (χ2v) is 8.31. The number of hydrogen-bond donors (Lipinski definition) is 0. The number of benzene rings is 2. The molecule has 8 nitrogen and oxygen atoms in total. The first-order valence-corrected chi connectivity index (χ1v) is 11.3. The summed E-state index contributed by atoms with van der Waals surface area (Å²) in [5, 5.41) is 12.7. The lowest BCUT2D eigenvalue weighted by atomic mass is 10.1. The Kier molecular flexibility index (Phi) is 7.10. The Labute approximate surface area is 204 Å². The fourth-order valence-corrected chi connectivity index (χ4v) is 3.64. The van der Waals surface area contributed by atoms with Crippen LogP contribution < -0.4 is 4.74 Å². The maximum absolute atomic E-state index is 12.5. The lowest BCUT2D eigenvalue weighted by Crippen LogP contribution is -2.06. The van der Waals surface area contributed by atoms with Crippen molar-refractivity contribution in [1.29, 1.82) is 0 Å².